The van der Waals surface area contributed by atoms with Gasteiger partial charge in [-0.1, -0.05) is 12.5 Å². The zero-order chi connectivity index (χ0) is 15.5. The molecule has 0 aliphatic heterocycles. The highest BCUT2D eigenvalue weighted by molar-refractivity contribution is 5.93. The van der Waals surface area contributed by atoms with Crippen molar-refractivity contribution in [1.82, 2.24) is 0 Å². The van der Waals surface area contributed by atoms with Crippen LogP contribution in [0.1, 0.15) is 51.9 Å². The number of nitrogens with zero attached hydrogens (tertiary/aromatic N) is 1. The van der Waals surface area contributed by atoms with E-state index in [0.29, 0.717) is 36.0 Å². The van der Waals surface area contributed by atoms with Gasteiger partial charge in [-0.2, -0.15) is 0 Å². The first kappa shape index (κ1) is 14.6. The Kier molecular flexibility index (Phi) is 3.17. The standard InChI is InChI=1S/C19H27NO2/c1-18-7-5-14-15(4-3-12-9-13(21)10-16(12)14)17(18)6-8-19(18,22)11-20-2/h9,14-17,22H,2-8,10-11H2,1H3/t14-,15+,16-,17-,18-,19+/m0/s1. The van der Waals surface area contributed by atoms with Crippen LogP contribution in [0.4, 0.5) is 0 Å². The second kappa shape index (κ2) is 4.77. The second-order valence-electron chi connectivity index (χ2n) is 8.38. The summed E-state index contributed by atoms with van der Waals surface area (Å²) in [4.78, 5) is 15.9. The molecule has 120 valence electrons. The Morgan fingerprint density at radius 3 is 2.91 bits per heavy atom. The summed E-state index contributed by atoms with van der Waals surface area (Å²) in [6, 6.07) is 0. The lowest BCUT2D eigenvalue weighted by atomic mass is 9.51. The Morgan fingerprint density at radius 2 is 2.14 bits per heavy atom. The number of aliphatic hydroxyl groups is 1. The Hall–Kier alpha value is -0.960. The molecule has 0 amide bonds. The molecule has 4 aliphatic rings. The summed E-state index contributed by atoms with van der Waals surface area (Å²) in [5.41, 5.74) is 0.751. The van der Waals surface area contributed by atoms with Crippen LogP contribution in [0.2, 0.25) is 0 Å². The van der Waals surface area contributed by atoms with Crippen molar-refractivity contribution in [3.8, 4) is 0 Å². The molecule has 0 radical (unpaired) electrons. The largest absolute Gasteiger partial charge is 0.387 e. The second-order valence-corrected chi connectivity index (χ2v) is 8.38. The molecule has 0 aromatic heterocycles. The molecule has 4 aliphatic carbocycles. The van der Waals surface area contributed by atoms with Crippen LogP contribution in [-0.4, -0.2) is 29.8 Å². The van der Waals surface area contributed by atoms with Crippen molar-refractivity contribution < 1.29 is 9.90 Å². The number of carbonyl (C=O) groups is 1. The number of ketones is 1. The molecule has 6 atom stereocenters. The van der Waals surface area contributed by atoms with Gasteiger partial charge in [-0.3, -0.25) is 9.79 Å². The minimum atomic E-state index is -0.661. The number of hydrogen-bond donors (Lipinski definition) is 1. The van der Waals surface area contributed by atoms with Gasteiger partial charge < -0.3 is 5.11 Å². The molecule has 0 aromatic carbocycles. The molecule has 0 saturated heterocycles. The van der Waals surface area contributed by atoms with Crippen LogP contribution >= 0.6 is 0 Å². The van der Waals surface area contributed by atoms with Gasteiger partial charge in [-0.05, 0) is 75.0 Å². The number of fused-ring (bicyclic) bond motifs is 5. The number of hydrogen-bond acceptors (Lipinski definition) is 3. The predicted octanol–water partition coefficient (Wildman–Crippen LogP) is 3.17. The molecule has 0 heterocycles. The summed E-state index contributed by atoms with van der Waals surface area (Å²) in [6.45, 7) is 6.38. The van der Waals surface area contributed by atoms with Crippen LogP contribution in [0.3, 0.4) is 0 Å². The molecule has 0 aromatic rings. The van der Waals surface area contributed by atoms with Crippen molar-refractivity contribution >= 4 is 12.5 Å². The monoisotopic (exact) mass is 301 g/mol. The zero-order valence-electron chi connectivity index (χ0n) is 13.6. The Labute approximate surface area is 132 Å². The van der Waals surface area contributed by atoms with Gasteiger partial charge in [-0.25, -0.2) is 0 Å². The highest BCUT2D eigenvalue weighted by Gasteiger charge is 2.62. The number of allylic oxidation sites excluding steroid dienone is 2. The Bertz CT molecular complexity index is 554. The number of rotatable bonds is 2. The van der Waals surface area contributed by atoms with Crippen LogP contribution in [0.15, 0.2) is 16.6 Å². The van der Waals surface area contributed by atoms with Gasteiger partial charge in [0.05, 0.1) is 12.1 Å². The van der Waals surface area contributed by atoms with Gasteiger partial charge >= 0.3 is 0 Å². The molecule has 0 spiro atoms. The maximum Gasteiger partial charge on any atom is 0.156 e. The lowest BCUT2D eigenvalue weighted by Gasteiger charge is -2.54. The van der Waals surface area contributed by atoms with Crippen LogP contribution in [0.5, 0.6) is 0 Å². The molecule has 1 N–H and O–H groups in total. The summed E-state index contributed by atoms with van der Waals surface area (Å²) >= 11 is 0. The third kappa shape index (κ3) is 1.78. The number of aliphatic imine (C=N–C) groups is 1. The normalized spacial score (nSPS) is 50.1. The molecule has 3 heteroatoms. The van der Waals surface area contributed by atoms with Gasteiger partial charge in [-0.15, -0.1) is 0 Å². The van der Waals surface area contributed by atoms with E-state index in [1.165, 1.54) is 12.0 Å². The Balaban J connectivity index is 1.63. The van der Waals surface area contributed by atoms with E-state index >= 15 is 0 Å². The van der Waals surface area contributed by atoms with Crippen molar-refractivity contribution in [1.29, 1.82) is 0 Å². The van der Waals surface area contributed by atoms with E-state index in [-0.39, 0.29) is 5.41 Å². The maximum absolute atomic E-state index is 11.8. The van der Waals surface area contributed by atoms with Crippen molar-refractivity contribution in [2.45, 2.75) is 57.5 Å². The topological polar surface area (TPSA) is 49.7 Å². The minimum Gasteiger partial charge on any atom is -0.387 e. The highest BCUT2D eigenvalue weighted by Crippen LogP contribution is 2.64. The van der Waals surface area contributed by atoms with Crippen molar-refractivity contribution in [3.05, 3.63) is 11.6 Å². The van der Waals surface area contributed by atoms with E-state index in [1.54, 1.807) is 0 Å². The summed E-state index contributed by atoms with van der Waals surface area (Å²) in [7, 11) is 0. The van der Waals surface area contributed by atoms with E-state index in [2.05, 4.69) is 18.6 Å². The molecule has 4 rings (SSSR count). The van der Waals surface area contributed by atoms with Gasteiger partial charge in [0.1, 0.15) is 0 Å². The first-order valence-corrected chi connectivity index (χ1v) is 8.87. The molecule has 3 nitrogen and oxygen atoms in total. The molecule has 0 unspecified atom stereocenters. The van der Waals surface area contributed by atoms with Gasteiger partial charge in [0.2, 0.25) is 0 Å². The van der Waals surface area contributed by atoms with Crippen molar-refractivity contribution in [2.24, 2.45) is 34.1 Å². The molecule has 22 heavy (non-hydrogen) atoms. The Morgan fingerprint density at radius 1 is 1.32 bits per heavy atom. The molecule has 3 saturated carbocycles. The number of carbonyl (C=O) groups excluding carboxylic acids is 1. The van der Waals surface area contributed by atoms with Crippen molar-refractivity contribution in [3.63, 3.8) is 0 Å². The van der Waals surface area contributed by atoms with E-state index in [0.717, 1.165) is 38.5 Å². The van der Waals surface area contributed by atoms with E-state index in [1.807, 2.05) is 6.08 Å². The maximum atomic E-state index is 11.8. The third-order valence-electron chi connectivity index (χ3n) is 7.71. The van der Waals surface area contributed by atoms with E-state index < -0.39 is 5.60 Å². The minimum absolute atomic E-state index is 0.0147. The SMILES string of the molecule is C=NC[C@]1(O)CC[C@H]2[C@@H]3CCC4=CC(=O)C[C@@H]4[C@H]3CC[C@@]21C. The van der Waals surface area contributed by atoms with Crippen LogP contribution < -0.4 is 0 Å². The summed E-state index contributed by atoms with van der Waals surface area (Å²) < 4.78 is 0. The molecular weight excluding hydrogens is 274 g/mol. The van der Waals surface area contributed by atoms with E-state index in [9.17, 15) is 9.90 Å². The lowest BCUT2D eigenvalue weighted by Crippen LogP contribution is -2.53. The van der Waals surface area contributed by atoms with Crippen molar-refractivity contribution in [2.75, 3.05) is 6.54 Å². The lowest BCUT2D eigenvalue weighted by molar-refractivity contribution is -0.118. The van der Waals surface area contributed by atoms with E-state index in [4.69, 9.17) is 0 Å². The van der Waals surface area contributed by atoms with Gasteiger partial charge in [0.25, 0.3) is 0 Å². The van der Waals surface area contributed by atoms with Gasteiger partial charge in [0, 0.05) is 11.8 Å². The predicted molar refractivity (Wildman–Crippen MR) is 86.8 cm³/mol. The zero-order valence-corrected chi connectivity index (χ0v) is 13.6. The smallest absolute Gasteiger partial charge is 0.156 e. The summed E-state index contributed by atoms with van der Waals surface area (Å²) in [5.74, 6) is 2.80. The average Bonchev–Trinajstić information content (AvgIpc) is 2.97. The quantitative estimate of drug-likeness (QED) is 0.796. The summed E-state index contributed by atoms with van der Waals surface area (Å²) in [6.07, 6.45) is 9.20. The van der Waals surface area contributed by atoms with Crippen LogP contribution in [0, 0.1) is 29.1 Å². The molecular formula is C19H27NO2. The van der Waals surface area contributed by atoms with Crippen LogP contribution in [0.25, 0.3) is 0 Å². The fraction of sp³-hybridized carbons (Fsp3) is 0.789. The third-order valence-corrected chi connectivity index (χ3v) is 7.71. The van der Waals surface area contributed by atoms with Crippen LogP contribution in [-0.2, 0) is 4.79 Å². The first-order valence-electron chi connectivity index (χ1n) is 8.87. The molecule has 3 fully saturated rings. The first-order chi connectivity index (χ1) is 10.5. The average molecular weight is 301 g/mol. The molecule has 0 bridgehead atoms. The fourth-order valence-electron chi connectivity index (χ4n) is 6.52. The summed E-state index contributed by atoms with van der Waals surface area (Å²) in [5, 5.41) is 11.2. The van der Waals surface area contributed by atoms with Gasteiger partial charge in [0.15, 0.2) is 5.78 Å². The fourth-order valence-corrected chi connectivity index (χ4v) is 6.52. The highest BCUT2D eigenvalue weighted by atomic mass is 16.3.